The highest BCUT2D eigenvalue weighted by Gasteiger charge is 2.25. The second-order valence-electron chi connectivity index (χ2n) is 5.62. The fraction of sp³-hybridized carbons (Fsp3) is 0.538. The molecule has 0 aliphatic carbocycles. The van der Waals surface area contributed by atoms with Gasteiger partial charge in [-0.15, -0.1) is 0 Å². The maximum Gasteiger partial charge on any atom is 0.135 e. The summed E-state index contributed by atoms with van der Waals surface area (Å²) in [5, 5.41) is 0. The summed E-state index contributed by atoms with van der Waals surface area (Å²) >= 11 is 5.68. The Kier molecular flexibility index (Phi) is 6.58. The molecule has 1 aromatic carbocycles. The van der Waals surface area contributed by atoms with E-state index in [1.807, 2.05) is 19.9 Å². The minimum Gasteiger partial charge on any atom is -1.00 e. The van der Waals surface area contributed by atoms with Gasteiger partial charge in [0.25, 0.3) is 0 Å². The first-order chi connectivity index (χ1) is 7.77. The van der Waals surface area contributed by atoms with Crippen molar-refractivity contribution < 1.29 is 16.8 Å². The molecule has 0 amide bonds. The summed E-state index contributed by atoms with van der Waals surface area (Å²) in [6, 6.07) is 6.74. The van der Waals surface area contributed by atoms with Gasteiger partial charge >= 0.3 is 0 Å². The molecule has 0 saturated carbocycles. The van der Waals surface area contributed by atoms with Gasteiger partial charge in [0.15, 0.2) is 0 Å². The van der Waals surface area contributed by atoms with Crippen LogP contribution in [0, 0.1) is 5.82 Å². The van der Waals surface area contributed by atoms with Crippen LogP contribution in [0.25, 0.3) is 0 Å². The highest BCUT2D eigenvalue weighted by molar-refractivity contribution is 6.13. The van der Waals surface area contributed by atoms with Crippen molar-refractivity contribution >= 4 is 17.5 Å². The summed E-state index contributed by atoms with van der Waals surface area (Å²) in [6.07, 6.45) is 0.903. The second-order valence-corrected chi connectivity index (χ2v) is 5.81. The Labute approximate surface area is 120 Å². The molecular formula is C13H21Cl2FN2. The van der Waals surface area contributed by atoms with Gasteiger partial charge in [0.1, 0.15) is 11.5 Å². The van der Waals surface area contributed by atoms with Crippen LogP contribution in [0.3, 0.4) is 0 Å². The molecule has 5 heteroatoms. The van der Waals surface area contributed by atoms with Crippen molar-refractivity contribution in [1.29, 1.82) is 0 Å². The molecule has 1 rings (SSSR count). The number of hydrogen-bond donors (Lipinski definition) is 1. The van der Waals surface area contributed by atoms with Crippen LogP contribution < -0.4 is 21.7 Å². The van der Waals surface area contributed by atoms with Crippen molar-refractivity contribution in [2.45, 2.75) is 25.8 Å². The lowest BCUT2D eigenvalue weighted by Crippen LogP contribution is -3.00. The average Bonchev–Trinajstić information content (AvgIpc) is 2.27. The minimum atomic E-state index is -0.191. The number of halogens is 3. The van der Waals surface area contributed by atoms with Gasteiger partial charge in [0.05, 0.1) is 20.6 Å². The number of hydrogen-bond acceptors (Lipinski definition) is 1. The molecule has 0 fully saturated rings. The van der Waals surface area contributed by atoms with Crippen LogP contribution in [0.1, 0.15) is 20.3 Å². The van der Waals surface area contributed by atoms with Gasteiger partial charge < -0.3 is 12.4 Å². The molecule has 104 valence electrons. The van der Waals surface area contributed by atoms with E-state index >= 15 is 0 Å². The van der Waals surface area contributed by atoms with Crippen LogP contribution >= 0.6 is 11.8 Å². The smallest absolute Gasteiger partial charge is 0.135 e. The third-order valence-corrected chi connectivity index (χ3v) is 3.57. The average molecular weight is 295 g/mol. The number of rotatable bonds is 5. The van der Waals surface area contributed by atoms with E-state index in [0.29, 0.717) is 4.48 Å². The summed E-state index contributed by atoms with van der Waals surface area (Å²) in [5.41, 5.74) is 0.847. The standard InChI is InChI=1S/C13H21ClFN2.ClH/c1-13(2,16-14)8-9-17(3,4)12-7-5-6-11(15)10-12;/h5-7,10,16H,8-9H2,1-4H3;1H/q+1;/p-1. The summed E-state index contributed by atoms with van der Waals surface area (Å²) in [6.45, 7) is 4.98. The van der Waals surface area contributed by atoms with Crippen LogP contribution in [0.4, 0.5) is 10.1 Å². The van der Waals surface area contributed by atoms with E-state index in [1.54, 1.807) is 12.1 Å². The number of nitrogens with one attached hydrogen (secondary N) is 1. The molecular weight excluding hydrogens is 274 g/mol. The third kappa shape index (κ3) is 5.11. The van der Waals surface area contributed by atoms with Gasteiger partial charge in [-0.1, -0.05) is 6.07 Å². The largest absolute Gasteiger partial charge is 1.00 e. The van der Waals surface area contributed by atoms with Gasteiger partial charge in [-0.2, -0.15) is 0 Å². The SMILES string of the molecule is CC(C)(CC[N+](C)(C)c1cccc(F)c1)NCl.[Cl-]. The maximum absolute atomic E-state index is 13.2. The van der Waals surface area contributed by atoms with Gasteiger partial charge in [-0.3, -0.25) is 4.48 Å². The van der Waals surface area contributed by atoms with Crippen LogP contribution in [0.2, 0.25) is 0 Å². The molecule has 0 bridgehead atoms. The molecule has 0 radical (unpaired) electrons. The zero-order valence-corrected chi connectivity index (χ0v) is 12.8. The maximum atomic E-state index is 13.2. The lowest BCUT2D eigenvalue weighted by Gasteiger charge is -2.33. The molecule has 0 atom stereocenters. The third-order valence-electron chi connectivity index (χ3n) is 3.06. The zero-order chi connectivity index (χ0) is 13.1. The first-order valence-electron chi connectivity index (χ1n) is 5.74. The molecule has 1 aromatic rings. The van der Waals surface area contributed by atoms with Crippen LogP contribution in [-0.4, -0.2) is 26.2 Å². The molecule has 0 aliphatic rings. The van der Waals surface area contributed by atoms with Crippen molar-refractivity contribution in [2.75, 3.05) is 20.6 Å². The summed E-state index contributed by atoms with van der Waals surface area (Å²) in [5.74, 6) is -0.191. The number of nitrogens with zero attached hydrogens (tertiary/aromatic N) is 1. The first-order valence-corrected chi connectivity index (χ1v) is 6.12. The minimum absolute atomic E-state index is 0. The predicted molar refractivity (Wildman–Crippen MR) is 72.6 cm³/mol. The molecule has 0 aromatic heterocycles. The van der Waals surface area contributed by atoms with Gasteiger partial charge in [-0.25, -0.2) is 9.23 Å². The Hall–Kier alpha value is -0.350. The number of benzene rings is 1. The Bertz CT molecular complexity index is 381. The molecule has 18 heavy (non-hydrogen) atoms. The molecule has 1 N–H and O–H groups in total. The lowest BCUT2D eigenvalue weighted by atomic mass is 10.0. The van der Waals surface area contributed by atoms with E-state index < -0.39 is 0 Å². The molecule has 0 spiro atoms. The van der Waals surface area contributed by atoms with Crippen molar-refractivity contribution in [2.24, 2.45) is 0 Å². The topological polar surface area (TPSA) is 12.0 Å². The quantitative estimate of drug-likeness (QED) is 0.609. The Morgan fingerprint density at radius 1 is 1.33 bits per heavy atom. The predicted octanol–water partition coefficient (Wildman–Crippen LogP) is 0.309. The lowest BCUT2D eigenvalue weighted by molar-refractivity contribution is -0.00000486. The first kappa shape index (κ1) is 17.6. The van der Waals surface area contributed by atoms with E-state index in [9.17, 15) is 4.39 Å². The van der Waals surface area contributed by atoms with Gasteiger partial charge in [0.2, 0.25) is 0 Å². The van der Waals surface area contributed by atoms with Gasteiger partial charge in [0, 0.05) is 18.0 Å². The van der Waals surface area contributed by atoms with Crippen LogP contribution in [0.15, 0.2) is 24.3 Å². The van der Waals surface area contributed by atoms with Crippen molar-refractivity contribution in [1.82, 2.24) is 9.32 Å². The normalized spacial score (nSPS) is 12.1. The number of quaternary nitrogens is 1. The monoisotopic (exact) mass is 294 g/mol. The molecule has 0 aliphatic heterocycles. The molecule has 0 unspecified atom stereocenters. The highest BCUT2D eigenvalue weighted by atomic mass is 35.5. The Morgan fingerprint density at radius 2 is 1.94 bits per heavy atom. The Balaban J connectivity index is 0.00000289. The van der Waals surface area contributed by atoms with Crippen LogP contribution in [-0.2, 0) is 0 Å². The molecule has 0 heterocycles. The molecule has 2 nitrogen and oxygen atoms in total. The Morgan fingerprint density at radius 3 is 2.44 bits per heavy atom. The fourth-order valence-electron chi connectivity index (χ4n) is 1.59. The molecule has 0 saturated heterocycles. The van der Waals surface area contributed by atoms with E-state index in [0.717, 1.165) is 18.7 Å². The van der Waals surface area contributed by atoms with Crippen molar-refractivity contribution in [3.8, 4) is 0 Å². The van der Waals surface area contributed by atoms with E-state index in [4.69, 9.17) is 11.8 Å². The summed E-state index contributed by atoms with van der Waals surface area (Å²) in [4.78, 5) is 2.76. The van der Waals surface area contributed by atoms with Crippen molar-refractivity contribution in [3.05, 3.63) is 30.1 Å². The van der Waals surface area contributed by atoms with Crippen LogP contribution in [0.5, 0.6) is 0 Å². The highest BCUT2D eigenvalue weighted by Crippen LogP contribution is 2.22. The van der Waals surface area contributed by atoms with Crippen molar-refractivity contribution in [3.63, 3.8) is 0 Å². The fourth-order valence-corrected chi connectivity index (χ4v) is 1.68. The van der Waals surface area contributed by atoms with Gasteiger partial charge in [-0.05, 0) is 37.8 Å². The second kappa shape index (κ2) is 6.71. The van der Waals surface area contributed by atoms with E-state index in [-0.39, 0.29) is 23.8 Å². The van der Waals surface area contributed by atoms with E-state index in [2.05, 4.69) is 18.9 Å². The van der Waals surface area contributed by atoms with E-state index in [1.165, 1.54) is 6.07 Å². The zero-order valence-electron chi connectivity index (χ0n) is 11.3. The summed E-state index contributed by atoms with van der Waals surface area (Å²) < 4.78 is 13.8. The summed E-state index contributed by atoms with van der Waals surface area (Å²) in [7, 11) is 4.14.